The van der Waals surface area contributed by atoms with Gasteiger partial charge >= 0.3 is 6.36 Å². The topological polar surface area (TPSA) is 49.8 Å². The van der Waals surface area contributed by atoms with E-state index in [1.54, 1.807) is 4.90 Å². The van der Waals surface area contributed by atoms with Crippen LogP contribution in [-0.4, -0.2) is 29.5 Å². The third-order valence-corrected chi connectivity index (χ3v) is 6.41. The van der Waals surface area contributed by atoms with Crippen LogP contribution in [0.5, 0.6) is 5.75 Å². The Kier molecular flexibility index (Phi) is 5.26. The third kappa shape index (κ3) is 4.31. The summed E-state index contributed by atoms with van der Waals surface area (Å²) in [6.45, 7) is 0.523. The number of anilines is 1. The second kappa shape index (κ2) is 7.61. The largest absolute Gasteiger partial charge is 0.573 e. The zero-order valence-electron chi connectivity index (χ0n) is 16.5. The fraction of sp³-hybridized carbons (Fsp3) is 0.435. The van der Waals surface area contributed by atoms with Crippen LogP contribution in [0.2, 0.25) is 0 Å². The van der Waals surface area contributed by atoms with Gasteiger partial charge in [-0.05, 0) is 61.9 Å². The first kappa shape index (κ1) is 20.7. The molecule has 0 unspecified atom stereocenters. The minimum atomic E-state index is -4.74. The molecule has 0 aromatic heterocycles. The van der Waals surface area contributed by atoms with Crippen LogP contribution in [-0.2, 0) is 11.2 Å². The van der Waals surface area contributed by atoms with Gasteiger partial charge in [-0.1, -0.05) is 30.3 Å². The lowest BCUT2D eigenvalue weighted by atomic mass is 9.66. The average molecular weight is 419 g/mol. The molecule has 30 heavy (non-hydrogen) atoms. The Morgan fingerprint density at radius 3 is 2.17 bits per heavy atom. The number of benzene rings is 2. The number of carbonyl (C=O) groups is 1. The molecule has 2 fully saturated rings. The molecule has 2 aliphatic rings. The number of aliphatic hydroxyl groups is 1. The van der Waals surface area contributed by atoms with Crippen molar-refractivity contribution in [2.24, 2.45) is 5.41 Å². The summed E-state index contributed by atoms with van der Waals surface area (Å²) in [5, 5.41) is 11.0. The highest BCUT2D eigenvalue weighted by atomic mass is 19.4. The van der Waals surface area contributed by atoms with Gasteiger partial charge in [0.2, 0.25) is 5.91 Å². The normalized spacial score (nSPS) is 26.9. The first-order valence-corrected chi connectivity index (χ1v) is 10.1. The minimum Gasteiger partial charge on any atom is -0.406 e. The van der Waals surface area contributed by atoms with Gasteiger partial charge in [-0.15, -0.1) is 13.2 Å². The van der Waals surface area contributed by atoms with E-state index in [-0.39, 0.29) is 11.7 Å². The van der Waals surface area contributed by atoms with Crippen molar-refractivity contribution in [3.8, 4) is 5.75 Å². The minimum absolute atomic E-state index is 0.00579. The zero-order valence-corrected chi connectivity index (χ0v) is 16.5. The highest BCUT2D eigenvalue weighted by Crippen LogP contribution is 2.49. The number of rotatable bonds is 4. The zero-order chi connectivity index (χ0) is 21.4. The summed E-state index contributed by atoms with van der Waals surface area (Å²) < 4.78 is 40.9. The van der Waals surface area contributed by atoms with Crippen molar-refractivity contribution in [1.29, 1.82) is 0 Å². The van der Waals surface area contributed by atoms with Gasteiger partial charge in [-0.2, -0.15) is 0 Å². The van der Waals surface area contributed by atoms with Crippen molar-refractivity contribution in [3.05, 3.63) is 60.2 Å². The predicted molar refractivity (Wildman–Crippen MR) is 106 cm³/mol. The van der Waals surface area contributed by atoms with Gasteiger partial charge in [0.1, 0.15) is 5.75 Å². The molecule has 1 spiro atoms. The van der Waals surface area contributed by atoms with Crippen LogP contribution in [0.4, 0.5) is 18.9 Å². The second-order valence-electron chi connectivity index (χ2n) is 8.42. The third-order valence-electron chi connectivity index (χ3n) is 6.41. The number of hydrogen-bond donors (Lipinski definition) is 1. The lowest BCUT2D eigenvalue weighted by Crippen LogP contribution is -2.44. The fourth-order valence-electron chi connectivity index (χ4n) is 4.71. The highest BCUT2D eigenvalue weighted by Gasteiger charge is 2.51. The van der Waals surface area contributed by atoms with Gasteiger partial charge < -0.3 is 14.7 Å². The number of ether oxygens (including phenoxy) is 1. The maximum Gasteiger partial charge on any atom is 0.573 e. The van der Waals surface area contributed by atoms with Crippen LogP contribution in [0.25, 0.3) is 0 Å². The molecule has 0 atom stereocenters. The molecule has 0 radical (unpaired) electrons. The lowest BCUT2D eigenvalue weighted by Gasteiger charge is -2.41. The molecule has 1 aliphatic carbocycles. The van der Waals surface area contributed by atoms with E-state index in [4.69, 9.17) is 0 Å². The lowest BCUT2D eigenvalue weighted by molar-refractivity contribution is -0.274. The summed E-state index contributed by atoms with van der Waals surface area (Å²) in [4.78, 5) is 14.8. The van der Waals surface area contributed by atoms with E-state index < -0.39 is 17.4 Å². The van der Waals surface area contributed by atoms with Crippen LogP contribution in [0.3, 0.4) is 0 Å². The Labute approximate surface area is 173 Å². The van der Waals surface area contributed by atoms with Crippen LogP contribution < -0.4 is 9.64 Å². The van der Waals surface area contributed by atoms with Gasteiger partial charge in [0.05, 0.1) is 11.0 Å². The highest BCUT2D eigenvalue weighted by molar-refractivity contribution is 6.00. The standard InChI is InChI=1S/C23H24F3NO3/c24-23(25,26)30-19-8-6-18(7-9-19)27-15-14-21(20(27)28)10-12-22(29,13-11-21)16-17-4-2-1-3-5-17/h1-9,29H,10-16H2/t21-,22+. The maximum absolute atomic E-state index is 13.2. The summed E-state index contributed by atoms with van der Waals surface area (Å²) >= 11 is 0. The number of hydrogen-bond acceptors (Lipinski definition) is 3. The molecule has 0 bridgehead atoms. The molecule has 2 aromatic carbocycles. The SMILES string of the molecule is O=C1N(c2ccc(OC(F)(F)F)cc2)CC[C@]12CC[C@@](O)(Cc1ccccc1)CC2. The molecule has 1 heterocycles. The summed E-state index contributed by atoms with van der Waals surface area (Å²) in [6, 6.07) is 15.2. The van der Waals surface area contributed by atoms with Gasteiger partial charge in [0.25, 0.3) is 0 Å². The number of alkyl halides is 3. The molecule has 160 valence electrons. The smallest absolute Gasteiger partial charge is 0.406 e. The molecule has 2 aromatic rings. The number of nitrogens with zero attached hydrogens (tertiary/aromatic N) is 1. The summed E-state index contributed by atoms with van der Waals surface area (Å²) in [6.07, 6.45) is -1.15. The number of halogens is 3. The van der Waals surface area contributed by atoms with Crippen LogP contribution >= 0.6 is 0 Å². The Morgan fingerprint density at radius 1 is 0.933 bits per heavy atom. The first-order valence-electron chi connectivity index (χ1n) is 10.1. The quantitative estimate of drug-likeness (QED) is 0.770. The van der Waals surface area contributed by atoms with E-state index >= 15 is 0 Å². The van der Waals surface area contributed by atoms with Crippen LogP contribution in [0.15, 0.2) is 54.6 Å². The summed E-state index contributed by atoms with van der Waals surface area (Å²) in [5.74, 6) is -0.315. The maximum atomic E-state index is 13.2. The number of carbonyl (C=O) groups excluding carboxylic acids is 1. The molecule has 4 rings (SSSR count). The van der Waals surface area contributed by atoms with E-state index in [0.717, 1.165) is 5.56 Å². The molecule has 1 saturated carbocycles. The van der Waals surface area contributed by atoms with Gasteiger partial charge in [0, 0.05) is 18.7 Å². The van der Waals surface area contributed by atoms with Gasteiger partial charge in [-0.25, -0.2) is 0 Å². The van der Waals surface area contributed by atoms with Crippen molar-refractivity contribution < 1.29 is 27.8 Å². The monoisotopic (exact) mass is 419 g/mol. The average Bonchev–Trinajstić information content (AvgIpc) is 3.01. The summed E-state index contributed by atoms with van der Waals surface area (Å²) in [5.41, 5.74) is 0.342. The fourth-order valence-corrected chi connectivity index (χ4v) is 4.71. The second-order valence-corrected chi connectivity index (χ2v) is 8.42. The predicted octanol–water partition coefficient (Wildman–Crippen LogP) is 4.86. The number of amides is 1. The first-order chi connectivity index (χ1) is 14.2. The van der Waals surface area contributed by atoms with Crippen LogP contribution in [0.1, 0.15) is 37.7 Å². The molecular formula is C23H24F3NO3. The Bertz CT molecular complexity index is 888. The molecule has 1 N–H and O–H groups in total. The summed E-state index contributed by atoms with van der Waals surface area (Å²) in [7, 11) is 0. The van der Waals surface area contributed by atoms with Crippen molar-refractivity contribution in [1.82, 2.24) is 0 Å². The Balaban J connectivity index is 1.41. The molecule has 1 saturated heterocycles. The molecule has 7 heteroatoms. The van der Waals surface area contributed by atoms with Crippen molar-refractivity contribution in [2.45, 2.75) is 50.5 Å². The molecule has 1 amide bonds. The Morgan fingerprint density at radius 2 is 1.57 bits per heavy atom. The van der Waals surface area contributed by atoms with Gasteiger partial charge in [-0.3, -0.25) is 4.79 Å². The van der Waals surface area contributed by atoms with Crippen molar-refractivity contribution in [3.63, 3.8) is 0 Å². The molecular weight excluding hydrogens is 395 g/mol. The van der Waals surface area contributed by atoms with E-state index in [2.05, 4.69) is 4.74 Å². The van der Waals surface area contributed by atoms with Crippen molar-refractivity contribution in [2.75, 3.05) is 11.4 Å². The van der Waals surface area contributed by atoms with E-state index in [0.29, 0.717) is 50.8 Å². The van der Waals surface area contributed by atoms with Crippen LogP contribution in [0, 0.1) is 5.41 Å². The van der Waals surface area contributed by atoms with Crippen molar-refractivity contribution >= 4 is 11.6 Å². The molecule has 4 nitrogen and oxygen atoms in total. The van der Waals surface area contributed by atoms with E-state index in [1.165, 1.54) is 24.3 Å². The molecule has 1 aliphatic heterocycles. The van der Waals surface area contributed by atoms with E-state index in [1.807, 2.05) is 30.3 Å². The van der Waals surface area contributed by atoms with E-state index in [9.17, 15) is 23.1 Å². The Hall–Kier alpha value is -2.54. The van der Waals surface area contributed by atoms with Gasteiger partial charge in [0.15, 0.2) is 0 Å².